The second-order valence-corrected chi connectivity index (χ2v) is 5.08. The number of likely N-dealkylation sites (tertiary alicyclic amines) is 1. The Morgan fingerprint density at radius 1 is 1.35 bits per heavy atom. The van der Waals surface area contributed by atoms with Crippen molar-refractivity contribution in [1.29, 1.82) is 0 Å². The molecule has 0 spiro atoms. The summed E-state index contributed by atoms with van der Waals surface area (Å²) in [6.45, 7) is 7.76. The average molecular weight is 279 g/mol. The second kappa shape index (κ2) is 6.36. The van der Waals surface area contributed by atoms with Crippen LogP contribution in [0.15, 0.2) is 23.9 Å². The van der Waals surface area contributed by atoms with Gasteiger partial charge in [0.2, 0.25) is 11.8 Å². The zero-order valence-electron chi connectivity index (χ0n) is 12.2. The van der Waals surface area contributed by atoms with Crippen LogP contribution in [0, 0.1) is 5.92 Å². The molecule has 1 aliphatic heterocycles. The van der Waals surface area contributed by atoms with E-state index in [4.69, 9.17) is 5.73 Å². The Kier molecular flexibility index (Phi) is 5.07. The highest BCUT2D eigenvalue weighted by atomic mass is 16.2. The fraction of sp³-hybridized carbons (Fsp3) is 0.500. The molecule has 0 bridgehead atoms. The molecule has 6 heteroatoms. The monoisotopic (exact) mass is 279 g/mol. The molecule has 1 heterocycles. The normalized spacial score (nSPS) is 17.6. The smallest absolute Gasteiger partial charge is 0.265 e. The van der Waals surface area contributed by atoms with Gasteiger partial charge >= 0.3 is 0 Å². The maximum Gasteiger partial charge on any atom is 0.265 e. The van der Waals surface area contributed by atoms with Gasteiger partial charge in [0.25, 0.3) is 5.91 Å². The maximum absolute atomic E-state index is 12.4. The van der Waals surface area contributed by atoms with Crippen LogP contribution in [-0.4, -0.2) is 47.7 Å². The van der Waals surface area contributed by atoms with Gasteiger partial charge < -0.3 is 15.5 Å². The molecule has 0 radical (unpaired) electrons. The molecule has 1 fully saturated rings. The number of amides is 3. The van der Waals surface area contributed by atoms with Crippen molar-refractivity contribution >= 4 is 17.7 Å². The summed E-state index contributed by atoms with van der Waals surface area (Å²) in [4.78, 5) is 38.2. The number of hydrogen-bond donors (Lipinski definition) is 1. The highest BCUT2D eigenvalue weighted by Gasteiger charge is 2.33. The van der Waals surface area contributed by atoms with E-state index in [1.807, 2.05) is 0 Å². The first kappa shape index (κ1) is 15.9. The van der Waals surface area contributed by atoms with Crippen molar-refractivity contribution in [2.75, 3.05) is 20.1 Å². The van der Waals surface area contributed by atoms with Gasteiger partial charge in [-0.1, -0.05) is 6.58 Å². The van der Waals surface area contributed by atoms with Gasteiger partial charge in [-0.15, -0.1) is 0 Å². The SMILES string of the molecule is C=CC(=O)N1CC[C@H](C(=O)N(C)C(C(N)=O)=C(C)C)C1. The maximum atomic E-state index is 12.4. The van der Waals surface area contributed by atoms with E-state index in [0.29, 0.717) is 25.1 Å². The van der Waals surface area contributed by atoms with Crippen molar-refractivity contribution in [2.45, 2.75) is 20.3 Å². The summed E-state index contributed by atoms with van der Waals surface area (Å²) < 4.78 is 0. The van der Waals surface area contributed by atoms with E-state index < -0.39 is 5.91 Å². The van der Waals surface area contributed by atoms with Crippen LogP contribution in [0.3, 0.4) is 0 Å². The van der Waals surface area contributed by atoms with Crippen LogP contribution in [-0.2, 0) is 14.4 Å². The van der Waals surface area contributed by atoms with E-state index in [2.05, 4.69) is 6.58 Å². The minimum Gasteiger partial charge on any atom is -0.364 e. The number of nitrogens with zero attached hydrogens (tertiary/aromatic N) is 2. The van der Waals surface area contributed by atoms with Crippen LogP contribution in [0.2, 0.25) is 0 Å². The lowest BCUT2D eigenvalue weighted by Crippen LogP contribution is -2.39. The quantitative estimate of drug-likeness (QED) is 0.749. The van der Waals surface area contributed by atoms with Gasteiger partial charge in [-0.3, -0.25) is 14.4 Å². The van der Waals surface area contributed by atoms with Gasteiger partial charge in [0, 0.05) is 20.1 Å². The summed E-state index contributed by atoms with van der Waals surface area (Å²) >= 11 is 0. The molecule has 0 unspecified atom stereocenters. The molecule has 0 aliphatic carbocycles. The van der Waals surface area contributed by atoms with Crippen molar-refractivity contribution in [1.82, 2.24) is 9.80 Å². The van der Waals surface area contributed by atoms with Crippen LogP contribution in [0.5, 0.6) is 0 Å². The molecular formula is C14H21N3O3. The number of carbonyl (C=O) groups excluding carboxylic acids is 3. The van der Waals surface area contributed by atoms with Gasteiger partial charge in [-0.05, 0) is 31.9 Å². The van der Waals surface area contributed by atoms with E-state index >= 15 is 0 Å². The fourth-order valence-corrected chi connectivity index (χ4v) is 2.42. The van der Waals surface area contributed by atoms with Crippen LogP contribution >= 0.6 is 0 Å². The van der Waals surface area contributed by atoms with E-state index in [0.717, 1.165) is 0 Å². The van der Waals surface area contributed by atoms with Crippen molar-refractivity contribution in [2.24, 2.45) is 11.7 Å². The molecule has 110 valence electrons. The number of likely N-dealkylation sites (N-methyl/N-ethyl adjacent to an activating group) is 1. The highest BCUT2D eigenvalue weighted by molar-refractivity contribution is 5.97. The lowest BCUT2D eigenvalue weighted by atomic mass is 10.1. The third-order valence-electron chi connectivity index (χ3n) is 3.40. The zero-order chi connectivity index (χ0) is 15.4. The molecule has 0 saturated carbocycles. The predicted octanol–water partition coefficient (Wildman–Crippen LogP) is 0.258. The molecule has 1 saturated heterocycles. The first-order valence-corrected chi connectivity index (χ1v) is 6.45. The van der Waals surface area contributed by atoms with E-state index in [1.54, 1.807) is 18.7 Å². The summed E-state index contributed by atoms with van der Waals surface area (Å²) in [6, 6.07) is 0. The Labute approximate surface area is 118 Å². The van der Waals surface area contributed by atoms with Crippen molar-refractivity contribution in [3.8, 4) is 0 Å². The molecule has 20 heavy (non-hydrogen) atoms. The third kappa shape index (κ3) is 3.26. The van der Waals surface area contributed by atoms with Gasteiger partial charge in [-0.25, -0.2) is 0 Å². The number of nitrogens with two attached hydrogens (primary N) is 1. The first-order valence-electron chi connectivity index (χ1n) is 6.45. The first-order chi connectivity index (χ1) is 9.29. The summed E-state index contributed by atoms with van der Waals surface area (Å²) in [5.41, 5.74) is 6.20. The largest absolute Gasteiger partial charge is 0.364 e. The lowest BCUT2D eigenvalue weighted by Gasteiger charge is -2.23. The van der Waals surface area contributed by atoms with Gasteiger partial charge in [0.15, 0.2) is 0 Å². The topological polar surface area (TPSA) is 83.7 Å². The molecule has 1 atom stereocenters. The summed E-state index contributed by atoms with van der Waals surface area (Å²) in [6.07, 6.45) is 1.82. The molecule has 2 N–H and O–H groups in total. The molecule has 0 aromatic carbocycles. The van der Waals surface area contributed by atoms with E-state index in [-0.39, 0.29) is 23.4 Å². The lowest BCUT2D eigenvalue weighted by molar-refractivity contribution is -0.134. The molecule has 1 rings (SSSR count). The van der Waals surface area contributed by atoms with Crippen LogP contribution in [0.1, 0.15) is 20.3 Å². The van der Waals surface area contributed by atoms with Gasteiger partial charge in [-0.2, -0.15) is 0 Å². The molecule has 0 aromatic rings. The average Bonchev–Trinajstić information content (AvgIpc) is 2.85. The standard InChI is InChI=1S/C14H21N3O3/c1-5-11(18)17-7-6-10(8-17)14(20)16(4)12(9(2)3)13(15)19/h5,10H,1,6-8H2,2-4H3,(H2,15,19)/t10-/m0/s1. The van der Waals surface area contributed by atoms with Gasteiger partial charge in [0.05, 0.1) is 5.92 Å². The number of carbonyl (C=O) groups is 3. The summed E-state index contributed by atoms with van der Waals surface area (Å²) in [7, 11) is 1.54. The van der Waals surface area contributed by atoms with Gasteiger partial charge in [0.1, 0.15) is 5.70 Å². The van der Waals surface area contributed by atoms with Crippen molar-refractivity contribution in [3.63, 3.8) is 0 Å². The summed E-state index contributed by atoms with van der Waals surface area (Å²) in [5.74, 6) is -1.31. The van der Waals surface area contributed by atoms with E-state index in [1.165, 1.54) is 18.0 Å². The molecule has 3 amide bonds. The Hall–Kier alpha value is -2.11. The fourth-order valence-electron chi connectivity index (χ4n) is 2.42. The van der Waals surface area contributed by atoms with Crippen LogP contribution in [0.25, 0.3) is 0 Å². The minimum absolute atomic E-state index is 0.180. The number of rotatable bonds is 4. The molecule has 6 nitrogen and oxygen atoms in total. The number of primary amides is 1. The highest BCUT2D eigenvalue weighted by Crippen LogP contribution is 2.21. The predicted molar refractivity (Wildman–Crippen MR) is 75.2 cm³/mol. The van der Waals surface area contributed by atoms with Crippen LogP contribution < -0.4 is 5.73 Å². The van der Waals surface area contributed by atoms with Crippen LogP contribution in [0.4, 0.5) is 0 Å². The van der Waals surface area contributed by atoms with Crippen molar-refractivity contribution in [3.05, 3.63) is 23.9 Å². The Morgan fingerprint density at radius 3 is 2.40 bits per heavy atom. The zero-order valence-corrected chi connectivity index (χ0v) is 12.2. The summed E-state index contributed by atoms with van der Waals surface area (Å²) in [5, 5.41) is 0. The molecular weight excluding hydrogens is 258 g/mol. The number of hydrogen-bond acceptors (Lipinski definition) is 3. The number of allylic oxidation sites excluding steroid dienone is 1. The van der Waals surface area contributed by atoms with E-state index in [9.17, 15) is 14.4 Å². The molecule has 0 aromatic heterocycles. The Balaban J connectivity index is 2.82. The molecule has 1 aliphatic rings. The van der Waals surface area contributed by atoms with Crippen molar-refractivity contribution < 1.29 is 14.4 Å². The second-order valence-electron chi connectivity index (χ2n) is 5.08. The minimum atomic E-state index is -0.627. The Morgan fingerprint density at radius 2 is 1.95 bits per heavy atom. The Bertz CT molecular complexity index is 478. The third-order valence-corrected chi connectivity index (χ3v) is 3.40.